The molecule has 4 heteroatoms. The van der Waals surface area contributed by atoms with Crippen LogP contribution in [-0.2, 0) is 10.3 Å². The number of hydrogen-bond acceptors (Lipinski definition) is 4. The maximum atomic E-state index is 10.4. The van der Waals surface area contributed by atoms with E-state index in [1.54, 1.807) is 30.9 Å². The molecule has 0 unspecified atom stereocenters. The molecule has 0 radical (unpaired) electrons. The molecule has 2 aromatic rings. The molecule has 0 atom stereocenters. The number of fused-ring (bicyclic) bond motifs is 1. The summed E-state index contributed by atoms with van der Waals surface area (Å²) in [6.45, 7) is 0. The first-order valence-electron chi connectivity index (χ1n) is 5.13. The largest absolute Gasteiger partial charge is 0.264 e. The van der Waals surface area contributed by atoms with Gasteiger partial charge in [0.25, 0.3) is 0 Å². The zero-order chi connectivity index (χ0) is 11.0. The van der Waals surface area contributed by atoms with Crippen molar-refractivity contribution < 1.29 is 4.79 Å². The molecule has 3 rings (SSSR count). The molecule has 0 spiro atoms. The van der Waals surface area contributed by atoms with E-state index in [0.717, 1.165) is 29.2 Å². The van der Waals surface area contributed by atoms with Gasteiger partial charge in [-0.1, -0.05) is 0 Å². The van der Waals surface area contributed by atoms with Crippen molar-refractivity contribution in [3.8, 4) is 0 Å². The number of carbonyl (C=O) groups excluding carboxylic acids is 1. The molecule has 1 aliphatic carbocycles. The Hall–Kier alpha value is -2.06. The number of pyridine rings is 2. The lowest BCUT2D eigenvalue weighted by Gasteiger charge is -2.10. The lowest BCUT2D eigenvalue weighted by atomic mass is 10.0. The fourth-order valence-corrected chi connectivity index (χ4v) is 2.02. The van der Waals surface area contributed by atoms with Gasteiger partial charge >= 0.3 is 0 Å². The number of rotatable bonds is 2. The summed E-state index contributed by atoms with van der Waals surface area (Å²) in [6.07, 6.45) is 10.5. The minimum atomic E-state index is -0.378. The van der Waals surface area contributed by atoms with Gasteiger partial charge in [0.15, 0.2) is 0 Å². The third-order valence-corrected chi connectivity index (χ3v) is 3.05. The van der Waals surface area contributed by atoms with Crippen LogP contribution in [0.25, 0.3) is 10.8 Å². The first kappa shape index (κ1) is 9.19. The van der Waals surface area contributed by atoms with Gasteiger partial charge in [0.1, 0.15) is 5.54 Å². The molecule has 0 saturated heterocycles. The SMILES string of the molecule is O=C=NC1(c2cncc3ccncc23)CC1. The van der Waals surface area contributed by atoms with E-state index >= 15 is 0 Å². The van der Waals surface area contributed by atoms with E-state index in [1.165, 1.54) is 0 Å². The Bertz CT molecular complexity index is 593. The summed E-state index contributed by atoms with van der Waals surface area (Å²) < 4.78 is 0. The van der Waals surface area contributed by atoms with Crippen molar-refractivity contribution in [2.75, 3.05) is 0 Å². The maximum Gasteiger partial charge on any atom is 0.235 e. The van der Waals surface area contributed by atoms with E-state index in [0.29, 0.717) is 0 Å². The van der Waals surface area contributed by atoms with Crippen LogP contribution in [0.15, 0.2) is 35.8 Å². The summed E-state index contributed by atoms with van der Waals surface area (Å²) >= 11 is 0. The Morgan fingerprint density at radius 3 is 2.88 bits per heavy atom. The Labute approximate surface area is 92.1 Å². The van der Waals surface area contributed by atoms with Crippen molar-refractivity contribution in [3.63, 3.8) is 0 Å². The van der Waals surface area contributed by atoms with Crippen LogP contribution < -0.4 is 0 Å². The quantitative estimate of drug-likeness (QED) is 0.563. The zero-order valence-electron chi connectivity index (χ0n) is 8.55. The Morgan fingerprint density at radius 2 is 2.12 bits per heavy atom. The fourth-order valence-electron chi connectivity index (χ4n) is 2.02. The average molecular weight is 211 g/mol. The second-order valence-electron chi connectivity index (χ2n) is 4.02. The first-order chi connectivity index (χ1) is 7.86. The molecule has 16 heavy (non-hydrogen) atoms. The molecule has 0 aliphatic heterocycles. The highest BCUT2D eigenvalue weighted by molar-refractivity contribution is 5.85. The van der Waals surface area contributed by atoms with Crippen LogP contribution in [0.3, 0.4) is 0 Å². The van der Waals surface area contributed by atoms with Crippen LogP contribution in [0, 0.1) is 0 Å². The lowest BCUT2D eigenvalue weighted by Crippen LogP contribution is -2.04. The van der Waals surface area contributed by atoms with Gasteiger partial charge in [-0.05, 0) is 18.9 Å². The molecule has 2 aromatic heterocycles. The van der Waals surface area contributed by atoms with Crippen molar-refractivity contribution in [2.45, 2.75) is 18.4 Å². The molecule has 4 nitrogen and oxygen atoms in total. The standard InChI is InChI=1S/C12H9N3O/c16-8-15-12(2-3-12)11-7-14-5-9-1-4-13-6-10(9)11/h1,4-7H,2-3H2. The maximum absolute atomic E-state index is 10.4. The van der Waals surface area contributed by atoms with E-state index in [-0.39, 0.29) is 5.54 Å². The van der Waals surface area contributed by atoms with E-state index in [4.69, 9.17) is 0 Å². The number of aliphatic imine (C=N–C) groups is 1. The van der Waals surface area contributed by atoms with E-state index < -0.39 is 0 Å². The van der Waals surface area contributed by atoms with Crippen molar-refractivity contribution in [2.24, 2.45) is 4.99 Å². The summed E-state index contributed by atoms with van der Waals surface area (Å²) in [5, 5.41) is 2.05. The summed E-state index contributed by atoms with van der Waals surface area (Å²) in [5.74, 6) is 0. The highest BCUT2D eigenvalue weighted by Gasteiger charge is 2.46. The van der Waals surface area contributed by atoms with Crippen LogP contribution in [0.1, 0.15) is 18.4 Å². The van der Waals surface area contributed by atoms with Crippen LogP contribution in [0.4, 0.5) is 0 Å². The minimum Gasteiger partial charge on any atom is -0.264 e. The van der Waals surface area contributed by atoms with Crippen molar-refractivity contribution in [1.29, 1.82) is 0 Å². The molecule has 1 aliphatic rings. The van der Waals surface area contributed by atoms with Gasteiger partial charge in [0.05, 0.1) is 0 Å². The molecular weight excluding hydrogens is 202 g/mol. The number of isocyanates is 1. The summed E-state index contributed by atoms with van der Waals surface area (Å²) in [5.41, 5.74) is 0.610. The van der Waals surface area contributed by atoms with E-state index in [1.807, 2.05) is 6.07 Å². The Morgan fingerprint density at radius 1 is 1.25 bits per heavy atom. The molecule has 1 fully saturated rings. The van der Waals surface area contributed by atoms with Gasteiger partial charge in [-0.3, -0.25) is 9.97 Å². The van der Waals surface area contributed by atoms with Gasteiger partial charge in [-0.15, -0.1) is 0 Å². The molecule has 78 valence electrons. The predicted octanol–water partition coefficient (Wildman–Crippen LogP) is 1.95. The third-order valence-electron chi connectivity index (χ3n) is 3.05. The summed E-state index contributed by atoms with van der Waals surface area (Å²) in [6, 6.07) is 1.91. The normalized spacial score (nSPS) is 16.8. The second-order valence-corrected chi connectivity index (χ2v) is 4.02. The molecule has 1 saturated carbocycles. The Balaban J connectivity index is 2.28. The third kappa shape index (κ3) is 1.24. The zero-order valence-corrected chi connectivity index (χ0v) is 8.55. The van der Waals surface area contributed by atoms with Crippen LogP contribution in [-0.4, -0.2) is 16.0 Å². The molecule has 0 N–H and O–H groups in total. The number of hydrogen-bond donors (Lipinski definition) is 0. The monoisotopic (exact) mass is 211 g/mol. The van der Waals surface area contributed by atoms with Crippen LogP contribution in [0.5, 0.6) is 0 Å². The minimum absolute atomic E-state index is 0.378. The molecule has 0 aromatic carbocycles. The fraction of sp³-hybridized carbons (Fsp3) is 0.250. The highest BCUT2D eigenvalue weighted by Crippen LogP contribution is 2.50. The van der Waals surface area contributed by atoms with E-state index in [9.17, 15) is 4.79 Å². The Kier molecular flexibility index (Phi) is 1.85. The second kappa shape index (κ2) is 3.22. The predicted molar refractivity (Wildman–Crippen MR) is 58.6 cm³/mol. The molecular formula is C12H9N3O. The first-order valence-corrected chi connectivity index (χ1v) is 5.13. The smallest absolute Gasteiger partial charge is 0.235 e. The van der Waals surface area contributed by atoms with Gasteiger partial charge in [-0.2, -0.15) is 4.99 Å². The number of aromatic nitrogens is 2. The van der Waals surface area contributed by atoms with Crippen molar-refractivity contribution in [1.82, 2.24) is 9.97 Å². The molecule has 0 amide bonds. The van der Waals surface area contributed by atoms with E-state index in [2.05, 4.69) is 15.0 Å². The topological polar surface area (TPSA) is 55.2 Å². The van der Waals surface area contributed by atoms with Crippen molar-refractivity contribution in [3.05, 3.63) is 36.4 Å². The van der Waals surface area contributed by atoms with Gasteiger partial charge < -0.3 is 0 Å². The summed E-state index contributed by atoms with van der Waals surface area (Å²) in [7, 11) is 0. The van der Waals surface area contributed by atoms with Gasteiger partial charge in [0, 0.05) is 41.1 Å². The van der Waals surface area contributed by atoms with Gasteiger partial charge in [0.2, 0.25) is 6.08 Å². The molecule has 2 heterocycles. The molecule has 0 bridgehead atoms. The highest BCUT2D eigenvalue weighted by atomic mass is 16.1. The van der Waals surface area contributed by atoms with Crippen LogP contribution >= 0.6 is 0 Å². The summed E-state index contributed by atoms with van der Waals surface area (Å²) in [4.78, 5) is 22.6. The van der Waals surface area contributed by atoms with Crippen LogP contribution in [0.2, 0.25) is 0 Å². The number of nitrogens with zero attached hydrogens (tertiary/aromatic N) is 3. The van der Waals surface area contributed by atoms with Gasteiger partial charge in [-0.25, -0.2) is 4.79 Å². The average Bonchev–Trinajstić information content (AvgIpc) is 3.10. The van der Waals surface area contributed by atoms with Crippen molar-refractivity contribution >= 4 is 16.9 Å². The lowest BCUT2D eigenvalue weighted by molar-refractivity contribution is 0.556.